The van der Waals surface area contributed by atoms with E-state index in [9.17, 15) is 4.79 Å². The smallest absolute Gasteiger partial charge is 0.178 e. The third-order valence-electron chi connectivity index (χ3n) is 2.46. The minimum Gasteiger partial charge on any atom is -0.455 e. The van der Waals surface area contributed by atoms with Crippen LogP contribution in [0.4, 0.5) is 0 Å². The van der Waals surface area contributed by atoms with E-state index in [4.69, 9.17) is 4.74 Å². The van der Waals surface area contributed by atoms with E-state index < -0.39 is 0 Å². The van der Waals surface area contributed by atoms with Gasteiger partial charge in [0.15, 0.2) is 5.78 Å². The summed E-state index contributed by atoms with van der Waals surface area (Å²) in [5.74, 6) is 1.34. The highest BCUT2D eigenvalue weighted by Gasteiger charge is 2.04. The summed E-state index contributed by atoms with van der Waals surface area (Å²) >= 11 is 3.40. The fourth-order valence-electron chi connectivity index (χ4n) is 1.50. The molecule has 0 spiro atoms. The average Bonchev–Trinajstić information content (AvgIpc) is 2.33. The fraction of sp³-hybridized carbons (Fsp3) is 0.143. The first-order valence-electron chi connectivity index (χ1n) is 5.47. The molecule has 0 aliphatic carbocycles. The van der Waals surface area contributed by atoms with Crippen molar-refractivity contribution in [2.24, 2.45) is 0 Å². The van der Waals surface area contributed by atoms with Crippen molar-refractivity contribution in [1.29, 1.82) is 0 Å². The van der Waals surface area contributed by atoms with Crippen LogP contribution in [0.25, 0.3) is 0 Å². The van der Waals surface area contributed by atoms with Crippen molar-refractivity contribution in [2.75, 3.05) is 0 Å². The van der Waals surface area contributed by atoms with Crippen molar-refractivity contribution in [3.8, 4) is 11.5 Å². The Bertz CT molecular complexity index is 579. The van der Waals surface area contributed by atoms with Gasteiger partial charge in [-0.3, -0.25) is 4.79 Å². The second-order valence-electron chi connectivity index (χ2n) is 3.95. The molecular formula is C14H12BrNO2. The van der Waals surface area contributed by atoms with Gasteiger partial charge in [0.25, 0.3) is 0 Å². The molecule has 0 saturated carbocycles. The van der Waals surface area contributed by atoms with E-state index >= 15 is 0 Å². The lowest BCUT2D eigenvalue weighted by Gasteiger charge is -2.08. The maximum absolute atomic E-state index is 11.1. The molecule has 1 aromatic carbocycles. The zero-order valence-electron chi connectivity index (χ0n) is 10.1. The molecule has 18 heavy (non-hydrogen) atoms. The number of rotatable bonds is 3. The molecule has 2 aromatic rings. The summed E-state index contributed by atoms with van der Waals surface area (Å²) in [6.07, 6.45) is 1.55. The van der Waals surface area contributed by atoms with E-state index in [0.29, 0.717) is 11.4 Å². The molecule has 0 aliphatic heterocycles. The van der Waals surface area contributed by atoms with Crippen LogP contribution in [0.1, 0.15) is 23.0 Å². The molecule has 0 bridgehead atoms. The standard InChI is InChI=1S/C14H12BrNO2/c1-9-7-11(15)3-6-14(9)18-12-4-5-13(10(2)17)16-8-12/h3-8H,1-2H3. The van der Waals surface area contributed by atoms with Crippen LogP contribution in [-0.4, -0.2) is 10.8 Å². The lowest BCUT2D eigenvalue weighted by molar-refractivity contribution is 0.101. The van der Waals surface area contributed by atoms with Gasteiger partial charge in [-0.05, 0) is 42.8 Å². The van der Waals surface area contributed by atoms with Crippen LogP contribution in [0.2, 0.25) is 0 Å². The zero-order valence-corrected chi connectivity index (χ0v) is 11.7. The Balaban J connectivity index is 2.21. The number of hydrogen-bond donors (Lipinski definition) is 0. The summed E-state index contributed by atoms with van der Waals surface area (Å²) in [6, 6.07) is 9.18. The van der Waals surface area contributed by atoms with Gasteiger partial charge in [-0.2, -0.15) is 0 Å². The Morgan fingerprint density at radius 3 is 2.61 bits per heavy atom. The number of benzene rings is 1. The summed E-state index contributed by atoms with van der Waals surface area (Å²) in [7, 11) is 0. The molecule has 0 N–H and O–H groups in total. The van der Waals surface area contributed by atoms with Gasteiger partial charge in [0.1, 0.15) is 17.2 Å². The van der Waals surface area contributed by atoms with E-state index in [0.717, 1.165) is 15.8 Å². The molecule has 0 aliphatic rings. The number of ketones is 1. The Labute approximate surface area is 114 Å². The van der Waals surface area contributed by atoms with Crippen LogP contribution < -0.4 is 4.74 Å². The molecule has 0 atom stereocenters. The van der Waals surface area contributed by atoms with Crippen molar-refractivity contribution in [1.82, 2.24) is 4.98 Å². The van der Waals surface area contributed by atoms with Gasteiger partial charge in [-0.15, -0.1) is 0 Å². The third kappa shape index (κ3) is 2.96. The first-order valence-corrected chi connectivity index (χ1v) is 6.26. The molecule has 0 fully saturated rings. The number of aryl methyl sites for hydroxylation is 1. The largest absolute Gasteiger partial charge is 0.455 e. The summed E-state index contributed by atoms with van der Waals surface area (Å²) in [5, 5.41) is 0. The number of Topliss-reactive ketones (excluding diaryl/α,β-unsaturated/α-hetero) is 1. The molecule has 92 valence electrons. The lowest BCUT2D eigenvalue weighted by atomic mass is 10.2. The average molecular weight is 306 g/mol. The number of carbonyl (C=O) groups is 1. The van der Waals surface area contributed by atoms with E-state index in [1.165, 1.54) is 6.92 Å². The van der Waals surface area contributed by atoms with Gasteiger partial charge >= 0.3 is 0 Å². The normalized spacial score (nSPS) is 10.2. The van der Waals surface area contributed by atoms with Crippen LogP contribution in [-0.2, 0) is 0 Å². The molecule has 0 saturated heterocycles. The first kappa shape index (κ1) is 12.8. The Kier molecular flexibility index (Phi) is 3.77. The molecule has 0 unspecified atom stereocenters. The highest BCUT2D eigenvalue weighted by atomic mass is 79.9. The topological polar surface area (TPSA) is 39.2 Å². The van der Waals surface area contributed by atoms with Crippen LogP contribution in [0.3, 0.4) is 0 Å². The molecule has 0 amide bonds. The minimum absolute atomic E-state index is 0.0543. The maximum Gasteiger partial charge on any atom is 0.178 e. The molecule has 2 rings (SSSR count). The summed E-state index contributed by atoms with van der Waals surface area (Å²) < 4.78 is 6.72. The molecule has 1 heterocycles. The van der Waals surface area contributed by atoms with Gasteiger partial charge in [0.05, 0.1) is 6.20 Å². The Morgan fingerprint density at radius 1 is 1.28 bits per heavy atom. The van der Waals surface area contributed by atoms with Crippen molar-refractivity contribution in [2.45, 2.75) is 13.8 Å². The summed E-state index contributed by atoms with van der Waals surface area (Å²) in [6.45, 7) is 3.46. The second-order valence-corrected chi connectivity index (χ2v) is 4.86. The highest BCUT2D eigenvalue weighted by molar-refractivity contribution is 9.10. The Hall–Kier alpha value is -1.68. The number of aromatic nitrogens is 1. The number of nitrogens with zero attached hydrogens (tertiary/aromatic N) is 1. The Morgan fingerprint density at radius 2 is 2.06 bits per heavy atom. The van der Waals surface area contributed by atoms with Gasteiger partial charge in [0, 0.05) is 11.4 Å². The van der Waals surface area contributed by atoms with E-state index in [2.05, 4.69) is 20.9 Å². The summed E-state index contributed by atoms with van der Waals surface area (Å²) in [5.41, 5.74) is 1.47. The monoisotopic (exact) mass is 305 g/mol. The van der Waals surface area contributed by atoms with Crippen LogP contribution in [0.5, 0.6) is 11.5 Å². The van der Waals surface area contributed by atoms with Crippen molar-refractivity contribution < 1.29 is 9.53 Å². The van der Waals surface area contributed by atoms with Crippen LogP contribution in [0, 0.1) is 6.92 Å². The number of pyridine rings is 1. The lowest BCUT2D eigenvalue weighted by Crippen LogP contribution is -1.96. The zero-order chi connectivity index (χ0) is 13.1. The van der Waals surface area contributed by atoms with Crippen LogP contribution in [0.15, 0.2) is 41.0 Å². The minimum atomic E-state index is -0.0543. The number of ether oxygens (including phenoxy) is 1. The van der Waals surface area contributed by atoms with Gasteiger partial charge in [-0.1, -0.05) is 15.9 Å². The van der Waals surface area contributed by atoms with Crippen LogP contribution >= 0.6 is 15.9 Å². The molecule has 1 aromatic heterocycles. The van der Waals surface area contributed by atoms with E-state index in [1.54, 1.807) is 18.3 Å². The van der Waals surface area contributed by atoms with Gasteiger partial charge < -0.3 is 4.74 Å². The molecule has 4 heteroatoms. The highest BCUT2D eigenvalue weighted by Crippen LogP contribution is 2.26. The SMILES string of the molecule is CC(=O)c1ccc(Oc2ccc(Br)cc2C)cn1. The van der Waals surface area contributed by atoms with Gasteiger partial charge in [-0.25, -0.2) is 4.98 Å². The van der Waals surface area contributed by atoms with Crippen molar-refractivity contribution >= 4 is 21.7 Å². The fourth-order valence-corrected chi connectivity index (χ4v) is 1.98. The third-order valence-corrected chi connectivity index (χ3v) is 2.96. The number of carbonyl (C=O) groups excluding carboxylic acids is 1. The maximum atomic E-state index is 11.1. The molecule has 0 radical (unpaired) electrons. The number of hydrogen-bond acceptors (Lipinski definition) is 3. The van der Waals surface area contributed by atoms with E-state index in [1.807, 2.05) is 25.1 Å². The second kappa shape index (κ2) is 5.31. The molecule has 3 nitrogen and oxygen atoms in total. The quantitative estimate of drug-likeness (QED) is 0.800. The predicted molar refractivity (Wildman–Crippen MR) is 73.2 cm³/mol. The first-order chi connectivity index (χ1) is 8.56. The van der Waals surface area contributed by atoms with E-state index in [-0.39, 0.29) is 5.78 Å². The van der Waals surface area contributed by atoms with Crippen molar-refractivity contribution in [3.63, 3.8) is 0 Å². The predicted octanol–water partition coefficient (Wildman–Crippen LogP) is 4.15. The molecular weight excluding hydrogens is 294 g/mol. The van der Waals surface area contributed by atoms with Gasteiger partial charge in [0.2, 0.25) is 0 Å². The summed E-state index contributed by atoms with van der Waals surface area (Å²) in [4.78, 5) is 15.1. The number of halogens is 1. The van der Waals surface area contributed by atoms with Crippen molar-refractivity contribution in [3.05, 3.63) is 52.3 Å².